The van der Waals surface area contributed by atoms with Gasteiger partial charge in [0.25, 0.3) is 0 Å². The molecule has 8 heteroatoms. The normalized spacial score (nSPS) is 18.3. The molecule has 0 bridgehead atoms. The number of benzene rings is 2. The molecule has 1 unspecified atom stereocenters. The first-order valence-electron chi connectivity index (χ1n) is 13.9. The van der Waals surface area contributed by atoms with E-state index in [0.717, 1.165) is 24.8 Å². The van der Waals surface area contributed by atoms with Gasteiger partial charge in [-0.15, -0.1) is 0 Å². The van der Waals surface area contributed by atoms with E-state index in [1.54, 1.807) is 16.9 Å². The molecule has 1 aliphatic carbocycles. The molecular formula is C31H42N2O6. The molecular weight excluding hydrogens is 496 g/mol. The van der Waals surface area contributed by atoms with Crippen molar-refractivity contribution < 1.29 is 28.9 Å². The molecule has 8 nitrogen and oxygen atoms in total. The van der Waals surface area contributed by atoms with Crippen molar-refractivity contribution in [2.45, 2.75) is 76.6 Å². The van der Waals surface area contributed by atoms with Gasteiger partial charge in [0, 0.05) is 26.2 Å². The standard InChI is InChI=1S/C31H42N2O6/c1-30(2,3)39-29(35)33-19-17-32(18-20-33)28(34)27(31(36)15-9-6-10-16-31)24-13-14-25(26(21-24)37-4)38-22-23-11-7-5-8-12-23/h5,7-8,11-14,21,27,36H,6,9-10,15-20,22H2,1-4H3. The van der Waals surface area contributed by atoms with Crippen molar-refractivity contribution in [1.29, 1.82) is 0 Å². The maximum Gasteiger partial charge on any atom is 0.410 e. The van der Waals surface area contributed by atoms with Crippen molar-refractivity contribution in [3.63, 3.8) is 0 Å². The number of ether oxygens (including phenoxy) is 3. The van der Waals surface area contributed by atoms with Crippen LogP contribution in [0.5, 0.6) is 11.5 Å². The molecule has 2 amide bonds. The van der Waals surface area contributed by atoms with Crippen LogP contribution in [0.2, 0.25) is 0 Å². The van der Waals surface area contributed by atoms with E-state index in [9.17, 15) is 14.7 Å². The molecule has 212 valence electrons. The maximum atomic E-state index is 14.1. The van der Waals surface area contributed by atoms with E-state index in [0.29, 0.717) is 62.7 Å². The Bertz CT molecular complexity index is 1120. The molecule has 4 rings (SSSR count). The van der Waals surface area contributed by atoms with Crippen molar-refractivity contribution >= 4 is 12.0 Å². The second kappa shape index (κ2) is 12.3. The van der Waals surface area contributed by atoms with Gasteiger partial charge in [-0.2, -0.15) is 0 Å². The highest BCUT2D eigenvalue weighted by Gasteiger charge is 2.45. The Morgan fingerprint density at radius 2 is 1.56 bits per heavy atom. The molecule has 2 fully saturated rings. The van der Waals surface area contributed by atoms with Crippen molar-refractivity contribution in [1.82, 2.24) is 9.80 Å². The van der Waals surface area contributed by atoms with Crippen LogP contribution in [-0.2, 0) is 16.1 Å². The van der Waals surface area contributed by atoms with Crippen LogP contribution in [0, 0.1) is 0 Å². The smallest absolute Gasteiger partial charge is 0.410 e. The summed E-state index contributed by atoms with van der Waals surface area (Å²) in [7, 11) is 1.58. The number of amides is 2. The number of hydrogen-bond acceptors (Lipinski definition) is 6. The van der Waals surface area contributed by atoms with Crippen LogP contribution < -0.4 is 9.47 Å². The summed E-state index contributed by atoms with van der Waals surface area (Å²) >= 11 is 0. The van der Waals surface area contributed by atoms with E-state index >= 15 is 0 Å². The summed E-state index contributed by atoms with van der Waals surface area (Å²) in [5, 5.41) is 11.8. The highest BCUT2D eigenvalue weighted by molar-refractivity contribution is 5.86. The SMILES string of the molecule is COc1cc(C(C(=O)N2CCN(C(=O)OC(C)(C)C)CC2)C2(O)CCCCC2)ccc1OCc1ccccc1. The van der Waals surface area contributed by atoms with Gasteiger partial charge in [0.2, 0.25) is 5.91 Å². The van der Waals surface area contributed by atoms with E-state index in [1.807, 2.05) is 69.3 Å². The first-order valence-corrected chi connectivity index (χ1v) is 13.9. The van der Waals surface area contributed by atoms with Crippen LogP contribution in [0.3, 0.4) is 0 Å². The highest BCUT2D eigenvalue weighted by Crippen LogP contribution is 2.43. The first kappa shape index (κ1) is 28.7. The lowest BCUT2D eigenvalue weighted by atomic mass is 9.72. The third-order valence-electron chi connectivity index (χ3n) is 7.50. The number of piperazine rings is 1. The van der Waals surface area contributed by atoms with Crippen LogP contribution in [-0.4, -0.2) is 71.4 Å². The van der Waals surface area contributed by atoms with Gasteiger partial charge in [0.15, 0.2) is 11.5 Å². The van der Waals surface area contributed by atoms with E-state index in [-0.39, 0.29) is 12.0 Å². The summed E-state index contributed by atoms with van der Waals surface area (Å²) in [5.41, 5.74) is 0.0337. The molecule has 1 saturated carbocycles. The van der Waals surface area contributed by atoms with Crippen LogP contribution in [0.15, 0.2) is 48.5 Å². The minimum atomic E-state index is -1.14. The minimum absolute atomic E-state index is 0.122. The van der Waals surface area contributed by atoms with Gasteiger partial charge in [0.1, 0.15) is 12.2 Å². The van der Waals surface area contributed by atoms with Crippen LogP contribution in [0.1, 0.15) is 69.9 Å². The molecule has 2 aliphatic rings. The molecule has 2 aromatic carbocycles. The average molecular weight is 539 g/mol. The van der Waals surface area contributed by atoms with E-state index < -0.39 is 17.1 Å². The highest BCUT2D eigenvalue weighted by atomic mass is 16.6. The second-order valence-corrected chi connectivity index (χ2v) is 11.6. The average Bonchev–Trinajstić information content (AvgIpc) is 2.92. The van der Waals surface area contributed by atoms with Gasteiger partial charge in [-0.1, -0.05) is 55.7 Å². The molecule has 0 spiro atoms. The predicted octanol–water partition coefficient (Wildman–Crippen LogP) is 5.13. The molecule has 1 aliphatic heterocycles. The third kappa shape index (κ3) is 7.24. The lowest BCUT2D eigenvalue weighted by Crippen LogP contribution is -2.55. The monoisotopic (exact) mass is 538 g/mol. The van der Waals surface area contributed by atoms with Crippen molar-refractivity contribution in [3.8, 4) is 11.5 Å². The van der Waals surface area contributed by atoms with E-state index in [4.69, 9.17) is 14.2 Å². The molecule has 0 aromatic heterocycles. The number of rotatable bonds is 7. The van der Waals surface area contributed by atoms with Crippen molar-refractivity contribution in [2.24, 2.45) is 0 Å². The number of carbonyl (C=O) groups excluding carboxylic acids is 2. The number of methoxy groups -OCH3 is 1. The largest absolute Gasteiger partial charge is 0.493 e. The molecule has 1 saturated heterocycles. The lowest BCUT2D eigenvalue weighted by Gasteiger charge is -2.43. The molecule has 2 aromatic rings. The fraction of sp³-hybridized carbons (Fsp3) is 0.548. The molecule has 1 N–H and O–H groups in total. The number of nitrogens with zero attached hydrogens (tertiary/aromatic N) is 2. The topological polar surface area (TPSA) is 88.5 Å². The maximum absolute atomic E-state index is 14.1. The van der Waals surface area contributed by atoms with Gasteiger partial charge < -0.3 is 29.1 Å². The van der Waals surface area contributed by atoms with Crippen molar-refractivity contribution in [2.75, 3.05) is 33.3 Å². The summed E-state index contributed by atoms with van der Waals surface area (Å²) in [6.45, 7) is 7.47. The lowest BCUT2D eigenvalue weighted by molar-refractivity contribution is -0.143. The summed E-state index contributed by atoms with van der Waals surface area (Å²) < 4.78 is 17.2. The summed E-state index contributed by atoms with van der Waals surface area (Å²) in [6.07, 6.45) is 3.57. The zero-order chi connectivity index (χ0) is 28.0. The quantitative estimate of drug-likeness (QED) is 0.526. The fourth-order valence-electron chi connectivity index (χ4n) is 5.47. The van der Waals surface area contributed by atoms with Crippen LogP contribution >= 0.6 is 0 Å². The number of carbonyl (C=O) groups is 2. The molecule has 0 radical (unpaired) electrons. The van der Waals surface area contributed by atoms with Crippen LogP contribution in [0.25, 0.3) is 0 Å². The Labute approximate surface area is 231 Å². The Morgan fingerprint density at radius 3 is 2.18 bits per heavy atom. The molecule has 39 heavy (non-hydrogen) atoms. The van der Waals surface area contributed by atoms with Gasteiger partial charge in [-0.05, 0) is 56.9 Å². The van der Waals surface area contributed by atoms with E-state index in [2.05, 4.69) is 0 Å². The molecule has 1 heterocycles. The predicted molar refractivity (Wildman–Crippen MR) is 149 cm³/mol. The fourth-order valence-corrected chi connectivity index (χ4v) is 5.47. The summed E-state index contributed by atoms with van der Waals surface area (Å²) in [4.78, 5) is 30.0. The Morgan fingerprint density at radius 1 is 0.923 bits per heavy atom. The van der Waals surface area contributed by atoms with Gasteiger partial charge in [0.05, 0.1) is 18.6 Å². The number of aliphatic hydroxyl groups is 1. The summed E-state index contributed by atoms with van der Waals surface area (Å²) in [6, 6.07) is 15.4. The zero-order valence-electron chi connectivity index (χ0n) is 23.7. The second-order valence-electron chi connectivity index (χ2n) is 11.6. The summed E-state index contributed by atoms with van der Waals surface area (Å²) in [5.74, 6) is 0.250. The van der Waals surface area contributed by atoms with Crippen LogP contribution in [0.4, 0.5) is 4.79 Å². The Balaban J connectivity index is 1.53. The Hall–Kier alpha value is -3.26. The van der Waals surface area contributed by atoms with Gasteiger partial charge in [-0.25, -0.2) is 4.79 Å². The minimum Gasteiger partial charge on any atom is -0.493 e. The third-order valence-corrected chi connectivity index (χ3v) is 7.50. The molecule has 1 atom stereocenters. The van der Waals surface area contributed by atoms with Crippen molar-refractivity contribution in [3.05, 3.63) is 59.7 Å². The number of hydrogen-bond donors (Lipinski definition) is 1. The van der Waals surface area contributed by atoms with Gasteiger partial charge >= 0.3 is 6.09 Å². The first-order chi connectivity index (χ1) is 18.6. The van der Waals surface area contributed by atoms with Gasteiger partial charge in [-0.3, -0.25) is 4.79 Å². The Kier molecular flexibility index (Phi) is 9.05. The van der Waals surface area contributed by atoms with E-state index in [1.165, 1.54) is 0 Å². The zero-order valence-corrected chi connectivity index (χ0v) is 23.7.